The van der Waals surface area contributed by atoms with Gasteiger partial charge < -0.3 is 9.67 Å². The Labute approximate surface area is 121 Å². The highest BCUT2D eigenvalue weighted by Gasteiger charge is 2.18. The largest absolute Gasteiger partial charge is 0.494 e. The molecule has 0 atom stereocenters. The maximum atomic E-state index is 10.5. The van der Waals surface area contributed by atoms with Crippen LogP contribution in [0.4, 0.5) is 0 Å². The molecular weight excluding hydrogens is 262 g/mol. The standard InChI is InChI=1S/C17H13N3O/c1-20-14-9-5-3-7-12(14)15(17(20)21)16-11-6-2-4-8-13(11)18-10-19-16/h2-10,21H,1H3. The third-order valence-corrected chi connectivity index (χ3v) is 3.86. The Kier molecular flexibility index (Phi) is 2.44. The molecule has 4 nitrogen and oxygen atoms in total. The molecule has 4 aromatic rings. The number of aromatic nitrogens is 3. The number of aryl methyl sites for hydroxylation is 1. The highest BCUT2D eigenvalue weighted by molar-refractivity contribution is 6.05. The predicted octanol–water partition coefficient (Wildman–Crippen LogP) is 3.49. The SMILES string of the molecule is Cn1c(O)c(-c2ncnc3ccccc23)c2ccccc21. The summed E-state index contributed by atoms with van der Waals surface area (Å²) in [7, 11) is 1.85. The van der Waals surface area contributed by atoms with Crippen LogP contribution in [0.3, 0.4) is 0 Å². The first kappa shape index (κ1) is 11.9. The van der Waals surface area contributed by atoms with Crippen molar-refractivity contribution < 1.29 is 5.11 Å². The van der Waals surface area contributed by atoms with Gasteiger partial charge in [-0.2, -0.15) is 0 Å². The molecule has 0 radical (unpaired) electrons. The number of nitrogens with zero attached hydrogens (tertiary/aromatic N) is 3. The van der Waals surface area contributed by atoms with Crippen LogP contribution in [0.15, 0.2) is 54.9 Å². The zero-order valence-electron chi connectivity index (χ0n) is 11.5. The molecule has 0 fully saturated rings. The molecule has 2 aromatic heterocycles. The zero-order chi connectivity index (χ0) is 14.4. The Morgan fingerprint density at radius 2 is 1.62 bits per heavy atom. The van der Waals surface area contributed by atoms with Crippen LogP contribution in [-0.4, -0.2) is 19.6 Å². The van der Waals surface area contributed by atoms with Crippen molar-refractivity contribution in [1.29, 1.82) is 0 Å². The second-order valence-electron chi connectivity index (χ2n) is 5.01. The van der Waals surface area contributed by atoms with Gasteiger partial charge in [-0.15, -0.1) is 0 Å². The molecule has 102 valence electrons. The summed E-state index contributed by atoms with van der Waals surface area (Å²) in [6.45, 7) is 0. The van der Waals surface area contributed by atoms with E-state index < -0.39 is 0 Å². The maximum absolute atomic E-state index is 10.5. The summed E-state index contributed by atoms with van der Waals surface area (Å²) < 4.78 is 1.78. The van der Waals surface area contributed by atoms with Crippen molar-refractivity contribution in [2.45, 2.75) is 0 Å². The molecule has 4 heteroatoms. The van der Waals surface area contributed by atoms with E-state index >= 15 is 0 Å². The van der Waals surface area contributed by atoms with E-state index in [1.165, 1.54) is 0 Å². The molecule has 0 saturated heterocycles. The number of para-hydroxylation sites is 2. The number of rotatable bonds is 1. The second kappa shape index (κ2) is 4.31. The van der Waals surface area contributed by atoms with Crippen LogP contribution in [0.5, 0.6) is 5.88 Å². The fraction of sp³-hybridized carbons (Fsp3) is 0.0588. The Bertz CT molecular complexity index is 967. The van der Waals surface area contributed by atoms with Gasteiger partial charge in [0.1, 0.15) is 6.33 Å². The first-order valence-corrected chi connectivity index (χ1v) is 6.74. The molecule has 2 heterocycles. The van der Waals surface area contributed by atoms with Crippen molar-refractivity contribution >= 4 is 21.8 Å². The summed E-state index contributed by atoms with van der Waals surface area (Å²) >= 11 is 0. The lowest BCUT2D eigenvalue weighted by molar-refractivity contribution is 0.437. The average Bonchev–Trinajstić information content (AvgIpc) is 2.79. The quantitative estimate of drug-likeness (QED) is 0.578. The third kappa shape index (κ3) is 1.62. The first-order valence-electron chi connectivity index (χ1n) is 6.74. The molecule has 0 bridgehead atoms. The fourth-order valence-electron chi connectivity index (χ4n) is 2.82. The van der Waals surface area contributed by atoms with Gasteiger partial charge in [0.05, 0.1) is 22.3 Å². The number of fused-ring (bicyclic) bond motifs is 2. The van der Waals surface area contributed by atoms with Gasteiger partial charge in [0, 0.05) is 17.8 Å². The molecule has 4 rings (SSSR count). The Morgan fingerprint density at radius 3 is 2.48 bits per heavy atom. The van der Waals surface area contributed by atoms with Crippen LogP contribution in [0.1, 0.15) is 0 Å². The fourth-order valence-corrected chi connectivity index (χ4v) is 2.82. The third-order valence-electron chi connectivity index (χ3n) is 3.86. The average molecular weight is 275 g/mol. The molecule has 0 amide bonds. The van der Waals surface area contributed by atoms with E-state index in [0.29, 0.717) is 0 Å². The molecule has 0 saturated carbocycles. The molecule has 2 aromatic carbocycles. The highest BCUT2D eigenvalue weighted by atomic mass is 16.3. The van der Waals surface area contributed by atoms with Gasteiger partial charge in [-0.1, -0.05) is 36.4 Å². The van der Waals surface area contributed by atoms with Gasteiger partial charge in [-0.25, -0.2) is 9.97 Å². The normalized spacial score (nSPS) is 11.3. The molecule has 0 aliphatic heterocycles. The van der Waals surface area contributed by atoms with E-state index in [-0.39, 0.29) is 5.88 Å². The number of hydrogen-bond acceptors (Lipinski definition) is 3. The summed E-state index contributed by atoms with van der Waals surface area (Å²) in [5, 5.41) is 12.5. The molecule has 0 spiro atoms. The smallest absolute Gasteiger partial charge is 0.201 e. The molecule has 21 heavy (non-hydrogen) atoms. The number of benzene rings is 2. The first-order chi connectivity index (χ1) is 10.3. The zero-order valence-corrected chi connectivity index (χ0v) is 11.5. The highest BCUT2D eigenvalue weighted by Crippen LogP contribution is 2.39. The van der Waals surface area contributed by atoms with Crippen molar-refractivity contribution in [3.05, 3.63) is 54.9 Å². The summed E-state index contributed by atoms with van der Waals surface area (Å²) in [5.41, 5.74) is 3.36. The monoisotopic (exact) mass is 275 g/mol. The molecule has 0 aliphatic rings. The Balaban J connectivity index is 2.17. The van der Waals surface area contributed by atoms with E-state index in [1.54, 1.807) is 10.9 Å². The van der Waals surface area contributed by atoms with Gasteiger partial charge in [0.25, 0.3) is 0 Å². The second-order valence-corrected chi connectivity index (χ2v) is 5.01. The van der Waals surface area contributed by atoms with Crippen molar-refractivity contribution in [3.63, 3.8) is 0 Å². The molecule has 0 aliphatic carbocycles. The van der Waals surface area contributed by atoms with Gasteiger partial charge in [0.15, 0.2) is 0 Å². The van der Waals surface area contributed by atoms with Crippen LogP contribution >= 0.6 is 0 Å². The van der Waals surface area contributed by atoms with Crippen LogP contribution in [0.2, 0.25) is 0 Å². The Hall–Kier alpha value is -2.88. The van der Waals surface area contributed by atoms with E-state index in [4.69, 9.17) is 0 Å². The van der Waals surface area contributed by atoms with Crippen molar-refractivity contribution in [3.8, 4) is 17.1 Å². The van der Waals surface area contributed by atoms with Crippen LogP contribution in [0.25, 0.3) is 33.1 Å². The van der Waals surface area contributed by atoms with Crippen molar-refractivity contribution in [2.75, 3.05) is 0 Å². The molecular formula is C17H13N3O. The van der Waals surface area contributed by atoms with Crippen LogP contribution in [0, 0.1) is 0 Å². The minimum atomic E-state index is 0.222. The lowest BCUT2D eigenvalue weighted by Crippen LogP contribution is -1.89. The Morgan fingerprint density at radius 1 is 0.905 bits per heavy atom. The van der Waals surface area contributed by atoms with Gasteiger partial charge in [-0.05, 0) is 12.1 Å². The topological polar surface area (TPSA) is 50.9 Å². The summed E-state index contributed by atoms with van der Waals surface area (Å²) in [5.74, 6) is 0.222. The van der Waals surface area contributed by atoms with Gasteiger partial charge in [-0.3, -0.25) is 0 Å². The number of aromatic hydroxyl groups is 1. The molecule has 1 N–H and O–H groups in total. The summed E-state index contributed by atoms with van der Waals surface area (Å²) in [6.07, 6.45) is 1.54. The van der Waals surface area contributed by atoms with Crippen LogP contribution < -0.4 is 0 Å². The van der Waals surface area contributed by atoms with E-state index in [0.717, 1.165) is 33.1 Å². The molecule has 0 unspecified atom stereocenters. The predicted molar refractivity (Wildman–Crippen MR) is 83.1 cm³/mol. The maximum Gasteiger partial charge on any atom is 0.201 e. The van der Waals surface area contributed by atoms with E-state index in [2.05, 4.69) is 9.97 Å². The minimum absolute atomic E-state index is 0.222. The van der Waals surface area contributed by atoms with Gasteiger partial charge in [0.2, 0.25) is 5.88 Å². The summed E-state index contributed by atoms with van der Waals surface area (Å²) in [6, 6.07) is 15.7. The lowest BCUT2D eigenvalue weighted by atomic mass is 10.1. The van der Waals surface area contributed by atoms with Crippen molar-refractivity contribution in [2.24, 2.45) is 7.05 Å². The van der Waals surface area contributed by atoms with E-state index in [1.807, 2.05) is 55.6 Å². The van der Waals surface area contributed by atoms with Crippen LogP contribution in [-0.2, 0) is 7.05 Å². The summed E-state index contributed by atoms with van der Waals surface area (Å²) in [4.78, 5) is 8.70. The van der Waals surface area contributed by atoms with Crippen molar-refractivity contribution in [1.82, 2.24) is 14.5 Å². The minimum Gasteiger partial charge on any atom is -0.494 e. The lowest BCUT2D eigenvalue weighted by Gasteiger charge is -2.04. The van der Waals surface area contributed by atoms with E-state index in [9.17, 15) is 5.11 Å². The van der Waals surface area contributed by atoms with Gasteiger partial charge >= 0.3 is 0 Å². The number of hydrogen-bond donors (Lipinski definition) is 1.